The van der Waals surface area contributed by atoms with E-state index in [0.29, 0.717) is 23.9 Å². The van der Waals surface area contributed by atoms with Gasteiger partial charge in [0.1, 0.15) is 11.6 Å². The number of urea groups is 1. The van der Waals surface area contributed by atoms with Gasteiger partial charge in [0.2, 0.25) is 0 Å². The van der Waals surface area contributed by atoms with E-state index in [-0.39, 0.29) is 12.6 Å². The van der Waals surface area contributed by atoms with E-state index >= 15 is 0 Å². The average molecular weight is 425 g/mol. The summed E-state index contributed by atoms with van der Waals surface area (Å²) in [6, 6.07) is 8.38. The SMILES string of the molecule is COc1ccccc1C(CNC(=O)Nc1cc(C(F)(F)F)ccc1F)N1CCCC1. The molecule has 2 N–H and O–H groups in total. The molecule has 30 heavy (non-hydrogen) atoms. The van der Waals surface area contributed by atoms with Gasteiger partial charge in [-0.25, -0.2) is 9.18 Å². The predicted octanol–water partition coefficient (Wildman–Crippen LogP) is 4.81. The first-order chi connectivity index (χ1) is 14.3. The smallest absolute Gasteiger partial charge is 0.416 e. The van der Waals surface area contributed by atoms with Crippen molar-refractivity contribution in [3.05, 3.63) is 59.4 Å². The van der Waals surface area contributed by atoms with Gasteiger partial charge in [0, 0.05) is 12.1 Å². The second-order valence-electron chi connectivity index (χ2n) is 7.03. The molecule has 9 heteroatoms. The van der Waals surface area contributed by atoms with Crippen LogP contribution >= 0.6 is 0 Å². The summed E-state index contributed by atoms with van der Waals surface area (Å²) in [4.78, 5) is 14.5. The Bertz CT molecular complexity index is 883. The number of hydrogen-bond donors (Lipinski definition) is 2. The van der Waals surface area contributed by atoms with Gasteiger partial charge in [0.25, 0.3) is 0 Å². The highest BCUT2D eigenvalue weighted by atomic mass is 19.4. The number of ether oxygens (including phenoxy) is 1. The standard InChI is InChI=1S/C21H23F4N3O2/c1-30-19-7-3-2-6-15(19)18(28-10-4-5-11-28)13-26-20(29)27-17-12-14(21(23,24)25)8-9-16(17)22/h2-3,6-9,12,18H,4-5,10-11,13H2,1H3,(H2,26,27,29). The van der Waals surface area contributed by atoms with Gasteiger partial charge >= 0.3 is 12.2 Å². The van der Waals surface area contributed by atoms with Crippen molar-refractivity contribution in [3.63, 3.8) is 0 Å². The zero-order valence-electron chi connectivity index (χ0n) is 16.4. The van der Waals surface area contributed by atoms with E-state index in [2.05, 4.69) is 15.5 Å². The Morgan fingerprint density at radius 3 is 2.53 bits per heavy atom. The Kier molecular flexibility index (Phi) is 6.81. The highest BCUT2D eigenvalue weighted by Gasteiger charge is 2.31. The van der Waals surface area contributed by atoms with Gasteiger partial charge in [-0.05, 0) is 50.2 Å². The van der Waals surface area contributed by atoms with Crippen LogP contribution in [-0.2, 0) is 6.18 Å². The topological polar surface area (TPSA) is 53.6 Å². The van der Waals surface area contributed by atoms with E-state index in [0.717, 1.165) is 31.5 Å². The molecule has 0 radical (unpaired) electrons. The lowest BCUT2D eigenvalue weighted by atomic mass is 10.0. The summed E-state index contributed by atoms with van der Waals surface area (Å²) >= 11 is 0. The minimum absolute atomic E-state index is 0.180. The molecule has 1 aliphatic heterocycles. The van der Waals surface area contributed by atoms with Crippen molar-refractivity contribution in [2.45, 2.75) is 25.1 Å². The van der Waals surface area contributed by atoms with Gasteiger partial charge in [-0.15, -0.1) is 0 Å². The molecule has 1 saturated heterocycles. The molecule has 1 unspecified atom stereocenters. The number of carbonyl (C=O) groups excluding carboxylic acids is 1. The molecule has 0 spiro atoms. The largest absolute Gasteiger partial charge is 0.496 e. The van der Waals surface area contributed by atoms with Gasteiger partial charge in [-0.2, -0.15) is 13.2 Å². The third-order valence-electron chi connectivity index (χ3n) is 5.08. The quantitative estimate of drug-likeness (QED) is 0.653. The van der Waals surface area contributed by atoms with Crippen LogP contribution < -0.4 is 15.4 Å². The number of carbonyl (C=O) groups is 1. The van der Waals surface area contributed by atoms with Crippen LogP contribution in [0, 0.1) is 5.82 Å². The van der Waals surface area contributed by atoms with E-state index in [4.69, 9.17) is 4.74 Å². The van der Waals surface area contributed by atoms with Crippen LogP contribution in [0.4, 0.5) is 28.0 Å². The highest BCUT2D eigenvalue weighted by Crippen LogP contribution is 2.33. The Morgan fingerprint density at radius 2 is 1.87 bits per heavy atom. The summed E-state index contributed by atoms with van der Waals surface area (Å²) in [5.74, 6) is -0.264. The fourth-order valence-electron chi connectivity index (χ4n) is 3.58. The molecule has 3 rings (SSSR count). The van der Waals surface area contributed by atoms with Crippen molar-refractivity contribution >= 4 is 11.7 Å². The lowest BCUT2D eigenvalue weighted by Crippen LogP contribution is -2.38. The Morgan fingerprint density at radius 1 is 1.17 bits per heavy atom. The van der Waals surface area contributed by atoms with E-state index in [9.17, 15) is 22.4 Å². The minimum atomic E-state index is -4.63. The summed E-state index contributed by atoms with van der Waals surface area (Å²) in [7, 11) is 1.57. The van der Waals surface area contributed by atoms with Crippen LogP contribution in [0.5, 0.6) is 5.75 Å². The third-order valence-corrected chi connectivity index (χ3v) is 5.08. The number of halogens is 4. The van der Waals surface area contributed by atoms with Gasteiger partial charge in [0.15, 0.2) is 0 Å². The Labute approximate surface area is 172 Å². The molecule has 5 nitrogen and oxygen atoms in total. The molecule has 0 aromatic heterocycles. The molecule has 162 valence electrons. The first kappa shape index (κ1) is 21.9. The van der Waals surface area contributed by atoms with Crippen LogP contribution in [0.1, 0.15) is 30.0 Å². The molecule has 0 bridgehead atoms. The molecule has 1 fully saturated rings. The van der Waals surface area contributed by atoms with E-state index in [1.54, 1.807) is 7.11 Å². The number of nitrogens with zero attached hydrogens (tertiary/aromatic N) is 1. The van der Waals surface area contributed by atoms with Crippen LogP contribution in [0.25, 0.3) is 0 Å². The molecule has 0 aliphatic carbocycles. The van der Waals surface area contributed by atoms with Crippen LogP contribution in [0.3, 0.4) is 0 Å². The maximum absolute atomic E-state index is 13.9. The fraction of sp³-hybridized carbons (Fsp3) is 0.381. The van der Waals surface area contributed by atoms with Crippen molar-refractivity contribution in [2.75, 3.05) is 32.1 Å². The second-order valence-corrected chi connectivity index (χ2v) is 7.03. The van der Waals surface area contributed by atoms with Gasteiger partial charge in [-0.1, -0.05) is 18.2 Å². The number of nitrogens with one attached hydrogen (secondary N) is 2. The first-order valence-electron chi connectivity index (χ1n) is 9.58. The highest BCUT2D eigenvalue weighted by molar-refractivity contribution is 5.89. The van der Waals surface area contributed by atoms with Crippen molar-refractivity contribution in [1.82, 2.24) is 10.2 Å². The minimum Gasteiger partial charge on any atom is -0.496 e. The lowest BCUT2D eigenvalue weighted by Gasteiger charge is -2.29. The molecule has 1 atom stereocenters. The zero-order valence-corrected chi connectivity index (χ0v) is 16.4. The number of rotatable bonds is 6. The molecular weight excluding hydrogens is 402 g/mol. The van der Waals surface area contributed by atoms with E-state index in [1.807, 2.05) is 24.3 Å². The molecule has 1 heterocycles. The zero-order chi connectivity index (χ0) is 21.7. The lowest BCUT2D eigenvalue weighted by molar-refractivity contribution is -0.137. The van der Waals surface area contributed by atoms with Crippen molar-refractivity contribution in [1.29, 1.82) is 0 Å². The fourth-order valence-corrected chi connectivity index (χ4v) is 3.58. The molecule has 2 amide bonds. The number of likely N-dealkylation sites (tertiary alicyclic amines) is 1. The summed E-state index contributed by atoms with van der Waals surface area (Å²) < 4.78 is 57.9. The monoisotopic (exact) mass is 425 g/mol. The summed E-state index contributed by atoms with van der Waals surface area (Å²) in [6.07, 6.45) is -2.56. The normalized spacial score (nSPS) is 15.6. The van der Waals surface area contributed by atoms with Crippen molar-refractivity contribution in [3.8, 4) is 5.75 Å². The number of hydrogen-bond acceptors (Lipinski definition) is 3. The van der Waals surface area contributed by atoms with Crippen LogP contribution in [0.2, 0.25) is 0 Å². The summed E-state index contributed by atoms with van der Waals surface area (Å²) in [6.45, 7) is 1.90. The number of amides is 2. The van der Waals surface area contributed by atoms with Crippen molar-refractivity contribution < 1.29 is 27.1 Å². The van der Waals surface area contributed by atoms with Crippen molar-refractivity contribution in [2.24, 2.45) is 0 Å². The van der Waals surface area contributed by atoms with Gasteiger partial charge in [0.05, 0.1) is 24.4 Å². The predicted molar refractivity (Wildman–Crippen MR) is 105 cm³/mol. The van der Waals surface area contributed by atoms with E-state index < -0.39 is 29.3 Å². The van der Waals surface area contributed by atoms with Crippen LogP contribution in [-0.4, -0.2) is 37.7 Å². The molecule has 2 aromatic carbocycles. The average Bonchev–Trinajstić information content (AvgIpc) is 3.24. The summed E-state index contributed by atoms with van der Waals surface area (Å²) in [5.41, 5.74) is -0.673. The number of para-hydroxylation sites is 1. The third kappa shape index (κ3) is 5.21. The molecule has 2 aromatic rings. The van der Waals surface area contributed by atoms with Gasteiger partial charge < -0.3 is 15.4 Å². The molecule has 1 aliphatic rings. The Hall–Kier alpha value is -2.81. The number of methoxy groups -OCH3 is 1. The van der Waals surface area contributed by atoms with Gasteiger partial charge in [-0.3, -0.25) is 4.90 Å². The van der Waals surface area contributed by atoms with Crippen LogP contribution in [0.15, 0.2) is 42.5 Å². The number of benzene rings is 2. The maximum Gasteiger partial charge on any atom is 0.416 e. The molecule has 0 saturated carbocycles. The second kappa shape index (κ2) is 9.34. The first-order valence-corrected chi connectivity index (χ1v) is 9.58. The summed E-state index contributed by atoms with van der Waals surface area (Å²) in [5, 5.41) is 4.82. The Balaban J connectivity index is 1.72. The molecular formula is C21H23F4N3O2. The number of anilines is 1. The maximum atomic E-state index is 13.9. The number of alkyl halides is 3. The van der Waals surface area contributed by atoms with E-state index in [1.165, 1.54) is 0 Å².